The molecule has 0 atom stereocenters. The molecule has 0 spiro atoms. The lowest BCUT2D eigenvalue weighted by Crippen LogP contribution is -2.36. The number of anilines is 2. The SMILES string of the molecule is COC(=O)c1ccc(C(=O)OC)c(NC(=O)COC(=O)c2ccc(N3CCOCC3)c([N+](=O)[O-])c2)c1. The van der Waals surface area contributed by atoms with Crippen molar-refractivity contribution in [1.82, 2.24) is 0 Å². The number of amides is 1. The summed E-state index contributed by atoms with van der Waals surface area (Å²) in [6.07, 6.45) is 0. The van der Waals surface area contributed by atoms with E-state index in [1.807, 2.05) is 0 Å². The molecule has 0 aliphatic carbocycles. The summed E-state index contributed by atoms with van der Waals surface area (Å²) in [6.45, 7) is 1.03. The predicted molar refractivity (Wildman–Crippen MR) is 124 cm³/mol. The van der Waals surface area contributed by atoms with Crippen molar-refractivity contribution >= 4 is 40.9 Å². The van der Waals surface area contributed by atoms with Gasteiger partial charge < -0.3 is 29.2 Å². The van der Waals surface area contributed by atoms with Gasteiger partial charge in [0.15, 0.2) is 6.61 Å². The van der Waals surface area contributed by atoms with Gasteiger partial charge >= 0.3 is 17.9 Å². The molecule has 1 aliphatic rings. The molecule has 1 heterocycles. The van der Waals surface area contributed by atoms with Crippen molar-refractivity contribution in [2.75, 3.05) is 57.3 Å². The molecule has 0 saturated carbocycles. The van der Waals surface area contributed by atoms with Gasteiger partial charge in [-0.1, -0.05) is 0 Å². The van der Waals surface area contributed by atoms with E-state index in [1.165, 1.54) is 37.4 Å². The van der Waals surface area contributed by atoms with Crippen LogP contribution in [0.15, 0.2) is 36.4 Å². The van der Waals surface area contributed by atoms with Crippen LogP contribution in [0.2, 0.25) is 0 Å². The maximum absolute atomic E-state index is 12.5. The number of methoxy groups -OCH3 is 2. The topological polar surface area (TPSA) is 164 Å². The van der Waals surface area contributed by atoms with E-state index in [-0.39, 0.29) is 28.1 Å². The van der Waals surface area contributed by atoms with Gasteiger partial charge in [0.25, 0.3) is 11.6 Å². The van der Waals surface area contributed by atoms with Crippen LogP contribution < -0.4 is 10.2 Å². The molecular weight excluding hydrogens is 478 g/mol. The maximum atomic E-state index is 12.5. The van der Waals surface area contributed by atoms with Gasteiger partial charge in [0.1, 0.15) is 5.69 Å². The largest absolute Gasteiger partial charge is 0.465 e. The first-order valence-electron chi connectivity index (χ1n) is 10.6. The molecule has 3 rings (SSSR count). The summed E-state index contributed by atoms with van der Waals surface area (Å²) < 4.78 is 19.5. The minimum absolute atomic E-state index is 0.0424. The van der Waals surface area contributed by atoms with Crippen LogP contribution in [0.25, 0.3) is 0 Å². The summed E-state index contributed by atoms with van der Waals surface area (Å²) >= 11 is 0. The molecule has 1 fully saturated rings. The minimum Gasteiger partial charge on any atom is -0.465 e. The molecule has 36 heavy (non-hydrogen) atoms. The van der Waals surface area contributed by atoms with Crippen LogP contribution in [0.1, 0.15) is 31.1 Å². The van der Waals surface area contributed by atoms with Crippen LogP contribution in [0.5, 0.6) is 0 Å². The molecule has 0 aromatic heterocycles. The average Bonchev–Trinajstić information content (AvgIpc) is 2.90. The van der Waals surface area contributed by atoms with Crippen molar-refractivity contribution in [2.45, 2.75) is 0 Å². The molecule has 0 radical (unpaired) electrons. The van der Waals surface area contributed by atoms with Crippen molar-refractivity contribution in [3.05, 3.63) is 63.2 Å². The molecule has 13 nitrogen and oxygen atoms in total. The second-order valence-electron chi connectivity index (χ2n) is 7.43. The van der Waals surface area contributed by atoms with E-state index in [4.69, 9.17) is 9.47 Å². The number of nitro groups is 1. The quantitative estimate of drug-likeness (QED) is 0.243. The number of benzene rings is 2. The Morgan fingerprint density at radius 2 is 1.61 bits per heavy atom. The molecule has 1 N–H and O–H groups in total. The summed E-state index contributed by atoms with van der Waals surface area (Å²) in [5.74, 6) is -3.25. The van der Waals surface area contributed by atoms with Gasteiger partial charge in [-0.15, -0.1) is 0 Å². The molecule has 2 aromatic rings. The zero-order chi connectivity index (χ0) is 26.2. The number of esters is 3. The lowest BCUT2D eigenvalue weighted by molar-refractivity contribution is -0.384. The fraction of sp³-hybridized carbons (Fsp3) is 0.304. The molecule has 13 heteroatoms. The standard InChI is InChI=1S/C23H23N3O10/c1-33-21(28)14-3-5-16(23(30)34-2)17(11-14)24-20(27)13-36-22(29)15-4-6-18(19(12-15)26(31)32)25-7-9-35-10-8-25/h3-6,11-12H,7-10,13H2,1-2H3,(H,24,27). The van der Waals surface area contributed by atoms with Crippen LogP contribution in [0.4, 0.5) is 17.1 Å². The van der Waals surface area contributed by atoms with Gasteiger partial charge in [0.2, 0.25) is 0 Å². The van der Waals surface area contributed by atoms with Crippen LogP contribution in [-0.4, -0.2) is 75.9 Å². The van der Waals surface area contributed by atoms with Gasteiger partial charge in [-0.2, -0.15) is 0 Å². The summed E-state index contributed by atoms with van der Waals surface area (Å²) in [5.41, 5.74) is -0.0911. The minimum atomic E-state index is -0.960. The highest BCUT2D eigenvalue weighted by Crippen LogP contribution is 2.30. The van der Waals surface area contributed by atoms with E-state index in [9.17, 15) is 29.3 Å². The van der Waals surface area contributed by atoms with E-state index in [1.54, 1.807) is 4.90 Å². The molecule has 0 unspecified atom stereocenters. The number of nitrogens with one attached hydrogen (secondary N) is 1. The molecule has 1 amide bonds. The molecular formula is C23H23N3O10. The lowest BCUT2D eigenvalue weighted by atomic mass is 10.1. The Bertz CT molecular complexity index is 1190. The van der Waals surface area contributed by atoms with Gasteiger partial charge in [0.05, 0.1) is 54.7 Å². The van der Waals surface area contributed by atoms with E-state index < -0.39 is 35.3 Å². The zero-order valence-electron chi connectivity index (χ0n) is 19.5. The van der Waals surface area contributed by atoms with Crippen molar-refractivity contribution in [3.8, 4) is 0 Å². The Morgan fingerprint density at radius 3 is 2.25 bits per heavy atom. The van der Waals surface area contributed by atoms with Gasteiger partial charge in [-0.25, -0.2) is 14.4 Å². The first kappa shape index (κ1) is 26.1. The van der Waals surface area contributed by atoms with Crippen molar-refractivity contribution < 1.29 is 43.0 Å². The van der Waals surface area contributed by atoms with Crippen LogP contribution in [0, 0.1) is 10.1 Å². The highest BCUT2D eigenvalue weighted by Gasteiger charge is 2.24. The molecule has 190 valence electrons. The van der Waals surface area contributed by atoms with Gasteiger partial charge in [-0.05, 0) is 30.3 Å². The van der Waals surface area contributed by atoms with E-state index in [0.29, 0.717) is 32.0 Å². The number of rotatable bonds is 8. The number of carbonyl (C=O) groups is 4. The first-order valence-corrected chi connectivity index (χ1v) is 10.6. The van der Waals surface area contributed by atoms with Gasteiger partial charge in [0, 0.05) is 19.2 Å². The highest BCUT2D eigenvalue weighted by molar-refractivity contribution is 6.04. The molecule has 1 saturated heterocycles. The third-order valence-electron chi connectivity index (χ3n) is 5.21. The zero-order valence-corrected chi connectivity index (χ0v) is 19.5. The third kappa shape index (κ3) is 6.13. The van der Waals surface area contributed by atoms with E-state index >= 15 is 0 Å². The third-order valence-corrected chi connectivity index (χ3v) is 5.21. The van der Waals surface area contributed by atoms with Crippen molar-refractivity contribution in [3.63, 3.8) is 0 Å². The fourth-order valence-corrected chi connectivity index (χ4v) is 3.45. The second-order valence-corrected chi connectivity index (χ2v) is 7.43. The van der Waals surface area contributed by atoms with Crippen LogP contribution in [-0.2, 0) is 23.7 Å². The molecule has 1 aliphatic heterocycles. The Balaban J connectivity index is 1.71. The summed E-state index contributed by atoms with van der Waals surface area (Å²) in [6, 6.07) is 7.70. The summed E-state index contributed by atoms with van der Waals surface area (Å²) in [7, 11) is 2.32. The fourth-order valence-electron chi connectivity index (χ4n) is 3.45. The van der Waals surface area contributed by atoms with Crippen molar-refractivity contribution in [1.29, 1.82) is 0 Å². The monoisotopic (exact) mass is 501 g/mol. The van der Waals surface area contributed by atoms with Gasteiger partial charge in [-0.3, -0.25) is 14.9 Å². The van der Waals surface area contributed by atoms with Crippen molar-refractivity contribution in [2.24, 2.45) is 0 Å². The predicted octanol–water partition coefficient (Wildman–Crippen LogP) is 1.80. The first-order chi connectivity index (χ1) is 17.2. The summed E-state index contributed by atoms with van der Waals surface area (Å²) in [4.78, 5) is 61.5. The Labute approximate surface area is 205 Å². The molecule has 2 aromatic carbocycles. The highest BCUT2D eigenvalue weighted by atomic mass is 16.6. The molecule has 0 bridgehead atoms. The summed E-state index contributed by atoms with van der Waals surface area (Å²) in [5, 5.41) is 14.0. The number of hydrogen-bond donors (Lipinski definition) is 1. The van der Waals surface area contributed by atoms with Crippen LogP contribution >= 0.6 is 0 Å². The smallest absolute Gasteiger partial charge is 0.339 e. The average molecular weight is 501 g/mol. The Hall–Kier alpha value is -4.52. The number of nitrogens with zero attached hydrogens (tertiary/aromatic N) is 2. The number of carbonyl (C=O) groups excluding carboxylic acids is 4. The van der Waals surface area contributed by atoms with E-state index in [0.717, 1.165) is 13.2 Å². The number of nitro benzene ring substituents is 1. The number of hydrogen-bond acceptors (Lipinski definition) is 11. The lowest BCUT2D eigenvalue weighted by Gasteiger charge is -2.28. The number of morpholine rings is 1. The van der Waals surface area contributed by atoms with Crippen LogP contribution in [0.3, 0.4) is 0 Å². The Morgan fingerprint density at radius 1 is 0.972 bits per heavy atom. The van der Waals surface area contributed by atoms with E-state index in [2.05, 4.69) is 14.8 Å². The second kappa shape index (κ2) is 11.8. The normalized spacial score (nSPS) is 12.9. The number of ether oxygens (including phenoxy) is 4. The Kier molecular flexibility index (Phi) is 8.52. The maximum Gasteiger partial charge on any atom is 0.339 e.